The highest BCUT2D eigenvalue weighted by molar-refractivity contribution is 7.19. The number of hydrogen-bond donors (Lipinski definition) is 1. The van der Waals surface area contributed by atoms with Crippen molar-refractivity contribution in [3.05, 3.63) is 169 Å². The van der Waals surface area contributed by atoms with Crippen LogP contribution in [0.1, 0.15) is 12.5 Å². The van der Waals surface area contributed by atoms with Gasteiger partial charge in [0.2, 0.25) is 5.84 Å². The lowest BCUT2D eigenvalue weighted by molar-refractivity contribution is -0.456. The molecule has 2 N–H and O–H groups in total. The molecule has 0 amide bonds. The maximum Gasteiger partial charge on any atom is 0.236 e. The van der Waals surface area contributed by atoms with Crippen LogP contribution >= 0.6 is 0 Å². The Balaban J connectivity index is 0.000000195. The van der Waals surface area contributed by atoms with Gasteiger partial charge in [0.15, 0.2) is 0 Å². The summed E-state index contributed by atoms with van der Waals surface area (Å²) in [6, 6.07) is 53.7. The molecule has 6 rings (SSSR count). The first-order valence-corrected chi connectivity index (χ1v) is 12.8. The largest absolute Gasteiger partial charge is 0.269 e. The van der Waals surface area contributed by atoms with Crippen molar-refractivity contribution in [2.24, 2.45) is 4.99 Å². The molecule has 0 radical (unpaired) electrons. The minimum atomic E-state index is -1.22. The second kappa shape index (κ2) is 11.5. The molecule has 5 aromatic carbocycles. The number of quaternary nitrogens is 1. The summed E-state index contributed by atoms with van der Waals surface area (Å²) in [6.07, 6.45) is 0.815. The minimum Gasteiger partial charge on any atom is -0.269 e. The van der Waals surface area contributed by atoms with Crippen molar-refractivity contribution in [1.82, 2.24) is 0 Å². The van der Waals surface area contributed by atoms with Crippen LogP contribution in [-0.2, 0) is 0 Å². The van der Waals surface area contributed by atoms with Crippen LogP contribution in [0, 0.1) is 0 Å². The molecule has 0 aliphatic carbocycles. The minimum absolute atomic E-state index is 1.06. The predicted octanol–water partition coefficient (Wildman–Crippen LogP) is 3.94. The zero-order valence-corrected chi connectivity index (χ0v) is 21.1. The molecule has 5 aromatic rings. The Morgan fingerprint density at radius 1 is 0.459 bits per heavy atom. The molecule has 1 aliphatic rings. The molecular weight excluding hydrogens is 447 g/mol. The number of nitrogens with zero attached hydrogens (tertiary/aromatic N) is 1. The van der Waals surface area contributed by atoms with Crippen LogP contribution in [0.25, 0.3) is 0 Å². The summed E-state index contributed by atoms with van der Waals surface area (Å²) in [5.41, 5.74) is 7.62. The molecule has 3 heteroatoms. The third-order valence-corrected chi connectivity index (χ3v) is 7.05. The Kier molecular flexibility index (Phi) is 7.54. The van der Waals surface area contributed by atoms with E-state index in [0.717, 1.165) is 11.5 Å². The Bertz CT molecular complexity index is 1300. The third-order valence-electron chi connectivity index (χ3n) is 7.05. The molecule has 0 saturated carbocycles. The summed E-state index contributed by atoms with van der Waals surface area (Å²) in [7, 11) is 0. The molecule has 0 saturated heterocycles. The summed E-state index contributed by atoms with van der Waals surface area (Å²) >= 11 is 0. The van der Waals surface area contributed by atoms with Crippen molar-refractivity contribution in [2.75, 3.05) is 0 Å². The van der Waals surface area contributed by atoms with Gasteiger partial charge in [0.1, 0.15) is 12.3 Å². The standard InChI is InChI=1S/C24H20B.C10H10N2/c1-5-13-21(14-6-1)25(22-15-7-2-8-16-22,23-17-9-3-10-18-23)24-19-11-4-12-20-24;1-8-7-11-10(12-8)9-5-3-2-4-6-9/h1-20H;2-7H,1H3,(H,11,12)/q-1;/p+1. The second-order valence-electron chi connectivity index (χ2n) is 9.35. The number of allylic oxidation sites excluding steroid dienone is 1. The Morgan fingerprint density at radius 3 is 1.08 bits per heavy atom. The number of rotatable bonds is 5. The fraction of sp³-hybridized carbons (Fsp3) is 0.0294. The number of benzene rings is 5. The monoisotopic (exact) mass is 478 g/mol. The zero-order chi connectivity index (χ0) is 25.3. The predicted molar refractivity (Wildman–Crippen MR) is 159 cm³/mol. The van der Waals surface area contributed by atoms with Crippen molar-refractivity contribution in [1.29, 1.82) is 0 Å². The van der Waals surface area contributed by atoms with Crippen LogP contribution < -0.4 is 27.2 Å². The van der Waals surface area contributed by atoms with Gasteiger partial charge in [-0.3, -0.25) is 5.32 Å². The van der Waals surface area contributed by atoms with E-state index in [1.165, 1.54) is 27.4 Å². The Morgan fingerprint density at radius 2 is 0.784 bits per heavy atom. The lowest BCUT2D eigenvalue weighted by Crippen LogP contribution is -2.81. The van der Waals surface area contributed by atoms with Gasteiger partial charge in [0, 0.05) is 0 Å². The second-order valence-corrected chi connectivity index (χ2v) is 9.35. The highest BCUT2D eigenvalue weighted by Gasteiger charge is 2.31. The molecule has 0 fully saturated rings. The highest BCUT2D eigenvalue weighted by atomic mass is 15.0. The van der Waals surface area contributed by atoms with Crippen LogP contribution in [-0.4, -0.2) is 12.0 Å². The summed E-state index contributed by atoms with van der Waals surface area (Å²) in [6.45, 7) is 2.01. The smallest absolute Gasteiger partial charge is 0.236 e. The number of aliphatic imine (C=N–C) groups is 1. The van der Waals surface area contributed by atoms with Gasteiger partial charge >= 0.3 is 0 Å². The highest BCUT2D eigenvalue weighted by Crippen LogP contribution is 2.09. The first kappa shape index (κ1) is 24.2. The van der Waals surface area contributed by atoms with E-state index in [4.69, 9.17) is 0 Å². The van der Waals surface area contributed by atoms with Gasteiger partial charge in [-0.15, -0.1) is 0 Å². The van der Waals surface area contributed by atoms with Gasteiger partial charge in [-0.05, 0) is 19.1 Å². The van der Waals surface area contributed by atoms with Crippen molar-refractivity contribution in [3.63, 3.8) is 0 Å². The molecule has 0 bridgehead atoms. The van der Waals surface area contributed by atoms with Crippen LogP contribution in [0.4, 0.5) is 0 Å². The number of amidine groups is 1. The van der Waals surface area contributed by atoms with Crippen LogP contribution in [0.15, 0.2) is 169 Å². The van der Waals surface area contributed by atoms with Crippen molar-refractivity contribution in [3.8, 4) is 0 Å². The Labute approximate surface area is 220 Å². The summed E-state index contributed by atoms with van der Waals surface area (Å²) in [4.78, 5) is 4.38. The lowest BCUT2D eigenvalue weighted by atomic mass is 9.13. The molecule has 2 nitrogen and oxygen atoms in total. The molecule has 0 unspecified atom stereocenters. The van der Waals surface area contributed by atoms with Gasteiger partial charge < -0.3 is 0 Å². The van der Waals surface area contributed by atoms with Crippen molar-refractivity contribution in [2.45, 2.75) is 6.92 Å². The zero-order valence-electron chi connectivity index (χ0n) is 21.1. The third kappa shape index (κ3) is 5.23. The molecule has 37 heavy (non-hydrogen) atoms. The molecule has 1 heterocycles. The van der Waals surface area contributed by atoms with Gasteiger partial charge in [-0.1, -0.05) is 140 Å². The summed E-state index contributed by atoms with van der Waals surface area (Å²) in [5, 5.41) is 2.05. The maximum absolute atomic E-state index is 4.38. The van der Waals surface area contributed by atoms with E-state index < -0.39 is 6.15 Å². The normalized spacial score (nSPS) is 12.7. The lowest BCUT2D eigenvalue weighted by Gasteiger charge is -2.44. The topological polar surface area (TPSA) is 29.0 Å². The molecule has 1 aliphatic heterocycles. The van der Waals surface area contributed by atoms with Crippen molar-refractivity contribution >= 4 is 33.8 Å². The first-order chi connectivity index (χ1) is 18.3. The van der Waals surface area contributed by atoms with Gasteiger partial charge in [0.05, 0.1) is 11.3 Å². The summed E-state index contributed by atoms with van der Waals surface area (Å²) in [5.74, 6) is 1.06. The van der Waals surface area contributed by atoms with E-state index in [2.05, 4.69) is 138 Å². The molecular formula is C34H31BN2. The van der Waals surface area contributed by atoms with Gasteiger partial charge in [0.25, 0.3) is 0 Å². The number of hydrogen-bond acceptors (Lipinski definition) is 1. The van der Waals surface area contributed by atoms with Crippen LogP contribution in [0.2, 0.25) is 0 Å². The van der Waals surface area contributed by atoms with E-state index in [1.54, 1.807) is 0 Å². The Hall–Kier alpha value is -4.47. The van der Waals surface area contributed by atoms with Crippen molar-refractivity contribution < 1.29 is 5.32 Å². The van der Waals surface area contributed by atoms with E-state index >= 15 is 0 Å². The van der Waals surface area contributed by atoms with Crippen LogP contribution in [0.3, 0.4) is 0 Å². The average Bonchev–Trinajstić information content (AvgIpc) is 3.43. The average molecular weight is 478 g/mol. The fourth-order valence-electron chi connectivity index (χ4n) is 5.36. The quantitative estimate of drug-likeness (QED) is 0.371. The van der Waals surface area contributed by atoms with E-state index in [0.29, 0.717) is 0 Å². The van der Waals surface area contributed by atoms with E-state index in [9.17, 15) is 0 Å². The SMILES string of the molecule is CC1=C[NH2+]C(c2ccccc2)=N1.c1ccc([B-](c2ccccc2)(c2ccccc2)c2ccccc2)cc1. The van der Waals surface area contributed by atoms with E-state index in [1.807, 2.05) is 36.6 Å². The van der Waals surface area contributed by atoms with E-state index in [-0.39, 0.29) is 0 Å². The fourth-order valence-corrected chi connectivity index (χ4v) is 5.36. The molecule has 0 aromatic heterocycles. The summed E-state index contributed by atoms with van der Waals surface area (Å²) < 4.78 is 0. The van der Waals surface area contributed by atoms with Crippen LogP contribution in [0.5, 0.6) is 0 Å². The number of nitrogens with two attached hydrogens (primary N) is 1. The molecule has 0 spiro atoms. The maximum atomic E-state index is 4.38. The molecule has 0 atom stereocenters. The van der Waals surface area contributed by atoms with Gasteiger partial charge in [-0.25, -0.2) is 0 Å². The van der Waals surface area contributed by atoms with Gasteiger partial charge in [-0.2, -0.15) is 26.8 Å². The first-order valence-electron chi connectivity index (χ1n) is 12.8. The molecule has 180 valence electrons.